The minimum absolute atomic E-state index is 0.0675. The predicted molar refractivity (Wildman–Crippen MR) is 95.4 cm³/mol. The SMILES string of the molecule is C=CC[C@H]1C[C@@H]2[C@H](CC[C@]3(C)C(=O)CC[C@@H]23)[C@@]2(C)CCC(=O)C=C12. The van der Waals surface area contributed by atoms with E-state index in [2.05, 4.69) is 20.4 Å². The van der Waals surface area contributed by atoms with Crippen LogP contribution in [-0.2, 0) is 9.59 Å². The van der Waals surface area contributed by atoms with E-state index in [1.165, 1.54) is 5.57 Å². The summed E-state index contributed by atoms with van der Waals surface area (Å²) in [7, 11) is 0. The highest BCUT2D eigenvalue weighted by atomic mass is 16.1. The van der Waals surface area contributed by atoms with Crippen molar-refractivity contribution in [2.45, 2.75) is 65.2 Å². The van der Waals surface area contributed by atoms with Crippen LogP contribution in [0.1, 0.15) is 65.2 Å². The summed E-state index contributed by atoms with van der Waals surface area (Å²) in [5.74, 6) is 3.14. The maximum atomic E-state index is 12.5. The molecule has 2 nitrogen and oxygen atoms in total. The Labute approximate surface area is 145 Å². The highest BCUT2D eigenvalue weighted by molar-refractivity contribution is 5.92. The van der Waals surface area contributed by atoms with Gasteiger partial charge in [-0.3, -0.25) is 9.59 Å². The second kappa shape index (κ2) is 5.41. The lowest BCUT2D eigenvalue weighted by Gasteiger charge is -2.59. The van der Waals surface area contributed by atoms with Crippen LogP contribution in [0.2, 0.25) is 0 Å². The molecule has 130 valence electrons. The lowest BCUT2D eigenvalue weighted by Crippen LogP contribution is -2.52. The summed E-state index contributed by atoms with van der Waals surface area (Å²) in [6.07, 6.45) is 11.9. The van der Waals surface area contributed by atoms with Gasteiger partial charge in [0.25, 0.3) is 0 Å². The number of fused-ring (bicyclic) bond motifs is 5. The average molecular weight is 326 g/mol. The lowest BCUT2D eigenvalue weighted by molar-refractivity contribution is -0.133. The summed E-state index contributed by atoms with van der Waals surface area (Å²) < 4.78 is 0. The minimum Gasteiger partial charge on any atom is -0.299 e. The minimum atomic E-state index is -0.0675. The number of hydrogen-bond donors (Lipinski definition) is 0. The number of rotatable bonds is 2. The Hall–Kier alpha value is -1.18. The van der Waals surface area contributed by atoms with Gasteiger partial charge in [0.2, 0.25) is 0 Å². The number of ketones is 2. The Bertz CT molecular complexity index is 630. The van der Waals surface area contributed by atoms with Crippen LogP contribution in [0.15, 0.2) is 24.3 Å². The molecule has 0 aromatic heterocycles. The molecule has 0 N–H and O–H groups in total. The highest BCUT2D eigenvalue weighted by Gasteiger charge is 2.60. The molecule has 2 heteroatoms. The summed E-state index contributed by atoms with van der Waals surface area (Å²) in [5.41, 5.74) is 1.51. The van der Waals surface area contributed by atoms with Crippen molar-refractivity contribution in [3.63, 3.8) is 0 Å². The van der Waals surface area contributed by atoms with Crippen LogP contribution < -0.4 is 0 Å². The molecular formula is C22H30O2. The predicted octanol–water partition coefficient (Wildman–Crippen LogP) is 4.89. The van der Waals surface area contributed by atoms with E-state index in [1.807, 2.05) is 12.2 Å². The van der Waals surface area contributed by atoms with Gasteiger partial charge >= 0.3 is 0 Å². The molecule has 4 aliphatic carbocycles. The second-order valence-corrected chi connectivity index (χ2v) is 9.24. The first-order chi connectivity index (χ1) is 11.4. The summed E-state index contributed by atoms with van der Waals surface area (Å²) in [5, 5.41) is 0. The summed E-state index contributed by atoms with van der Waals surface area (Å²) in [6.45, 7) is 8.62. The molecule has 0 aliphatic heterocycles. The number of carbonyl (C=O) groups excluding carboxylic acids is 2. The van der Waals surface area contributed by atoms with Crippen molar-refractivity contribution >= 4 is 11.6 Å². The molecule has 0 unspecified atom stereocenters. The first-order valence-corrected chi connectivity index (χ1v) is 9.79. The van der Waals surface area contributed by atoms with Gasteiger partial charge in [-0.1, -0.05) is 25.5 Å². The molecule has 0 aromatic rings. The average Bonchev–Trinajstić information content (AvgIpc) is 2.85. The Kier molecular flexibility index (Phi) is 3.67. The summed E-state index contributed by atoms with van der Waals surface area (Å²) in [4.78, 5) is 24.6. The Morgan fingerprint density at radius 1 is 1.12 bits per heavy atom. The fourth-order valence-electron chi connectivity index (χ4n) is 6.98. The fourth-order valence-corrected chi connectivity index (χ4v) is 6.98. The number of Topliss-reactive ketones (excluding diaryl/α,β-unsaturated/α-hetero) is 1. The van der Waals surface area contributed by atoms with E-state index in [1.54, 1.807) is 0 Å². The topological polar surface area (TPSA) is 34.1 Å². The van der Waals surface area contributed by atoms with Crippen molar-refractivity contribution in [3.8, 4) is 0 Å². The van der Waals surface area contributed by atoms with E-state index in [9.17, 15) is 9.59 Å². The lowest BCUT2D eigenvalue weighted by atomic mass is 9.45. The van der Waals surface area contributed by atoms with Crippen molar-refractivity contribution < 1.29 is 9.59 Å². The monoisotopic (exact) mass is 326 g/mol. The van der Waals surface area contributed by atoms with E-state index in [0.29, 0.717) is 41.7 Å². The number of allylic oxidation sites excluding steroid dienone is 2. The number of hydrogen-bond acceptors (Lipinski definition) is 2. The molecule has 4 aliphatic rings. The van der Waals surface area contributed by atoms with Crippen molar-refractivity contribution in [3.05, 3.63) is 24.3 Å². The third-order valence-electron chi connectivity index (χ3n) is 8.28. The zero-order valence-electron chi connectivity index (χ0n) is 15.1. The van der Waals surface area contributed by atoms with Crippen molar-refractivity contribution in [2.24, 2.45) is 34.5 Å². The van der Waals surface area contributed by atoms with E-state index in [4.69, 9.17) is 0 Å². The zero-order chi connectivity index (χ0) is 17.1. The quantitative estimate of drug-likeness (QED) is 0.677. The molecule has 0 amide bonds. The Morgan fingerprint density at radius 3 is 2.62 bits per heavy atom. The van der Waals surface area contributed by atoms with Crippen molar-refractivity contribution in [1.29, 1.82) is 0 Å². The van der Waals surface area contributed by atoms with Crippen LogP contribution in [0.4, 0.5) is 0 Å². The normalized spacial score (nSPS) is 47.5. The largest absolute Gasteiger partial charge is 0.299 e. The van der Waals surface area contributed by atoms with Crippen molar-refractivity contribution in [1.82, 2.24) is 0 Å². The van der Waals surface area contributed by atoms with Gasteiger partial charge in [0.05, 0.1) is 0 Å². The first-order valence-electron chi connectivity index (χ1n) is 9.79. The molecule has 0 saturated heterocycles. The second-order valence-electron chi connectivity index (χ2n) is 9.24. The maximum absolute atomic E-state index is 12.5. The summed E-state index contributed by atoms with van der Waals surface area (Å²) in [6, 6.07) is 0. The molecule has 0 spiro atoms. The molecule has 3 fully saturated rings. The number of carbonyl (C=O) groups is 2. The maximum Gasteiger partial charge on any atom is 0.155 e. The van der Waals surface area contributed by atoms with Gasteiger partial charge in [-0.05, 0) is 73.7 Å². The van der Waals surface area contributed by atoms with Crippen LogP contribution in [0.3, 0.4) is 0 Å². The van der Waals surface area contributed by atoms with Crippen LogP contribution in [0, 0.1) is 34.5 Å². The van der Waals surface area contributed by atoms with Crippen LogP contribution in [0.5, 0.6) is 0 Å². The van der Waals surface area contributed by atoms with E-state index in [-0.39, 0.29) is 10.8 Å². The van der Waals surface area contributed by atoms with Gasteiger partial charge in [-0.2, -0.15) is 0 Å². The van der Waals surface area contributed by atoms with Gasteiger partial charge in [0.1, 0.15) is 5.78 Å². The van der Waals surface area contributed by atoms with Gasteiger partial charge in [-0.15, -0.1) is 6.58 Å². The van der Waals surface area contributed by atoms with Gasteiger partial charge in [0, 0.05) is 18.3 Å². The third-order valence-corrected chi connectivity index (χ3v) is 8.28. The van der Waals surface area contributed by atoms with Crippen LogP contribution >= 0.6 is 0 Å². The van der Waals surface area contributed by atoms with Gasteiger partial charge in [-0.25, -0.2) is 0 Å². The zero-order valence-corrected chi connectivity index (χ0v) is 15.1. The Morgan fingerprint density at radius 2 is 1.88 bits per heavy atom. The van der Waals surface area contributed by atoms with E-state index >= 15 is 0 Å². The van der Waals surface area contributed by atoms with E-state index < -0.39 is 0 Å². The molecule has 0 heterocycles. The van der Waals surface area contributed by atoms with Crippen molar-refractivity contribution in [2.75, 3.05) is 0 Å². The van der Waals surface area contributed by atoms with Gasteiger partial charge < -0.3 is 0 Å². The standard InChI is InChI=1S/C22H30O2/c1-4-5-14-12-16-17-6-7-20(24)22(17,3)11-9-18(16)21(2)10-8-15(23)13-19(14)21/h4,13-14,16-18H,1,5-12H2,2-3H3/t14-,16-,17-,18-,21+,22-/m0/s1. The van der Waals surface area contributed by atoms with Gasteiger partial charge in [0.15, 0.2) is 5.78 Å². The van der Waals surface area contributed by atoms with Crippen LogP contribution in [0.25, 0.3) is 0 Å². The molecular weight excluding hydrogens is 296 g/mol. The summed E-state index contributed by atoms with van der Waals surface area (Å²) >= 11 is 0. The molecule has 0 aromatic carbocycles. The smallest absolute Gasteiger partial charge is 0.155 e. The third kappa shape index (κ3) is 2.07. The molecule has 0 radical (unpaired) electrons. The fraction of sp³-hybridized carbons (Fsp3) is 0.727. The molecule has 3 saturated carbocycles. The first kappa shape index (κ1) is 16.3. The van der Waals surface area contributed by atoms with Crippen LogP contribution in [-0.4, -0.2) is 11.6 Å². The Balaban J connectivity index is 1.75. The highest BCUT2D eigenvalue weighted by Crippen LogP contribution is 2.65. The van der Waals surface area contributed by atoms with E-state index in [0.717, 1.165) is 44.9 Å². The molecule has 24 heavy (non-hydrogen) atoms. The molecule has 4 rings (SSSR count). The molecule has 6 atom stereocenters. The molecule has 0 bridgehead atoms.